The van der Waals surface area contributed by atoms with Gasteiger partial charge in [-0.25, -0.2) is 8.42 Å². The summed E-state index contributed by atoms with van der Waals surface area (Å²) in [5.41, 5.74) is -0.302. The molecule has 0 aromatic heterocycles. The number of amides is 1. The van der Waals surface area contributed by atoms with Gasteiger partial charge < -0.3 is 5.32 Å². The number of benzene rings is 1. The quantitative estimate of drug-likeness (QED) is 0.812. The Bertz CT molecular complexity index is 580. The van der Waals surface area contributed by atoms with Crippen LogP contribution in [0.4, 0.5) is 13.2 Å². The van der Waals surface area contributed by atoms with Crippen molar-refractivity contribution in [3.8, 4) is 0 Å². The van der Waals surface area contributed by atoms with Crippen LogP contribution in [0.2, 0.25) is 0 Å². The van der Waals surface area contributed by atoms with Gasteiger partial charge in [-0.3, -0.25) is 4.79 Å². The maximum Gasteiger partial charge on any atom is 0.416 e. The van der Waals surface area contributed by atoms with Crippen molar-refractivity contribution < 1.29 is 26.4 Å². The standard InChI is InChI=1S/C13H16F3NO3S/c1-21(19,20)8-2-7-17-12(18)9-10-3-5-11(6-4-10)13(14,15)16/h3-6H,2,7-9H2,1H3,(H,17,18). The van der Waals surface area contributed by atoms with Gasteiger partial charge in [-0.05, 0) is 24.1 Å². The second-order valence-electron chi connectivity index (χ2n) is 4.70. The van der Waals surface area contributed by atoms with Gasteiger partial charge in [-0.1, -0.05) is 12.1 Å². The molecule has 0 atom stereocenters. The van der Waals surface area contributed by atoms with E-state index in [4.69, 9.17) is 0 Å². The zero-order valence-electron chi connectivity index (χ0n) is 11.4. The molecule has 0 radical (unpaired) electrons. The van der Waals surface area contributed by atoms with Crippen LogP contribution in [0.1, 0.15) is 17.5 Å². The third kappa shape index (κ3) is 7.12. The van der Waals surface area contributed by atoms with Gasteiger partial charge in [0.1, 0.15) is 9.84 Å². The van der Waals surface area contributed by atoms with E-state index in [0.717, 1.165) is 18.4 Å². The van der Waals surface area contributed by atoms with Crippen LogP contribution in [0.15, 0.2) is 24.3 Å². The number of rotatable bonds is 6. The normalized spacial score (nSPS) is 12.2. The van der Waals surface area contributed by atoms with Gasteiger partial charge in [0.05, 0.1) is 17.7 Å². The molecule has 0 heterocycles. The number of alkyl halides is 3. The van der Waals surface area contributed by atoms with Gasteiger partial charge in [0, 0.05) is 12.8 Å². The molecule has 0 aliphatic heterocycles. The molecular weight excluding hydrogens is 307 g/mol. The van der Waals surface area contributed by atoms with Crippen LogP contribution in [0.25, 0.3) is 0 Å². The summed E-state index contributed by atoms with van der Waals surface area (Å²) in [5.74, 6) is -0.378. The third-order valence-corrected chi connectivity index (χ3v) is 3.69. The summed E-state index contributed by atoms with van der Waals surface area (Å²) in [6.07, 6.45) is -3.03. The van der Waals surface area contributed by atoms with Crippen LogP contribution in [0.3, 0.4) is 0 Å². The van der Waals surface area contributed by atoms with E-state index >= 15 is 0 Å². The molecule has 0 bridgehead atoms. The highest BCUT2D eigenvalue weighted by Crippen LogP contribution is 2.29. The minimum absolute atomic E-state index is 0.0203. The predicted molar refractivity (Wildman–Crippen MR) is 72.5 cm³/mol. The van der Waals surface area contributed by atoms with Crippen LogP contribution in [0, 0.1) is 0 Å². The van der Waals surface area contributed by atoms with E-state index in [1.165, 1.54) is 12.1 Å². The molecule has 0 unspecified atom stereocenters. The molecule has 8 heteroatoms. The fourth-order valence-electron chi connectivity index (χ4n) is 1.62. The molecule has 0 aliphatic carbocycles. The lowest BCUT2D eigenvalue weighted by Crippen LogP contribution is -2.27. The first kappa shape index (κ1) is 17.5. The summed E-state index contributed by atoms with van der Waals surface area (Å²) < 4.78 is 58.8. The highest BCUT2D eigenvalue weighted by molar-refractivity contribution is 7.90. The zero-order valence-corrected chi connectivity index (χ0v) is 12.2. The number of hydrogen-bond acceptors (Lipinski definition) is 3. The van der Waals surface area contributed by atoms with Crippen molar-refractivity contribution in [2.45, 2.75) is 19.0 Å². The first-order chi connectivity index (χ1) is 9.58. The van der Waals surface area contributed by atoms with Gasteiger partial charge in [-0.2, -0.15) is 13.2 Å². The topological polar surface area (TPSA) is 63.2 Å². The SMILES string of the molecule is CS(=O)(=O)CCCNC(=O)Cc1ccc(C(F)(F)F)cc1. The molecule has 0 saturated heterocycles. The van der Waals surface area contributed by atoms with Crippen LogP contribution >= 0.6 is 0 Å². The monoisotopic (exact) mass is 323 g/mol. The van der Waals surface area contributed by atoms with E-state index in [1.807, 2.05) is 0 Å². The molecular formula is C13H16F3NO3S. The van der Waals surface area contributed by atoms with Crippen molar-refractivity contribution in [2.24, 2.45) is 0 Å². The number of sulfone groups is 1. The molecule has 1 aromatic carbocycles. The van der Waals surface area contributed by atoms with Crippen LogP contribution < -0.4 is 5.32 Å². The number of carbonyl (C=O) groups excluding carboxylic acids is 1. The molecule has 1 aromatic rings. The van der Waals surface area contributed by atoms with E-state index in [1.54, 1.807) is 0 Å². The van der Waals surface area contributed by atoms with Gasteiger partial charge in [0.15, 0.2) is 0 Å². The molecule has 1 rings (SSSR count). The Morgan fingerprint density at radius 1 is 1.19 bits per heavy atom. The fraction of sp³-hybridized carbons (Fsp3) is 0.462. The molecule has 4 nitrogen and oxygen atoms in total. The zero-order chi connectivity index (χ0) is 16.1. The average molecular weight is 323 g/mol. The summed E-state index contributed by atoms with van der Waals surface area (Å²) in [6.45, 7) is 0.215. The maximum absolute atomic E-state index is 12.4. The van der Waals surface area contributed by atoms with Crippen molar-refractivity contribution >= 4 is 15.7 Å². The molecule has 0 saturated carbocycles. The Kier molecular flexibility index (Phi) is 5.77. The third-order valence-electron chi connectivity index (χ3n) is 2.66. The summed E-state index contributed by atoms with van der Waals surface area (Å²) >= 11 is 0. The first-order valence-electron chi connectivity index (χ1n) is 6.18. The fourth-order valence-corrected chi connectivity index (χ4v) is 2.29. The minimum atomic E-state index is -4.40. The summed E-state index contributed by atoms with van der Waals surface area (Å²) in [6, 6.07) is 4.34. The molecule has 21 heavy (non-hydrogen) atoms. The van der Waals surface area contributed by atoms with Gasteiger partial charge in [0.2, 0.25) is 5.91 Å². The van der Waals surface area contributed by atoms with E-state index in [-0.39, 0.29) is 24.6 Å². The summed E-state index contributed by atoms with van der Waals surface area (Å²) in [5, 5.41) is 2.52. The predicted octanol–water partition coefficient (Wildman–Crippen LogP) is 1.80. The van der Waals surface area contributed by atoms with Crippen LogP contribution in [0.5, 0.6) is 0 Å². The maximum atomic E-state index is 12.4. The van der Waals surface area contributed by atoms with E-state index < -0.39 is 21.6 Å². The lowest BCUT2D eigenvalue weighted by Gasteiger charge is -2.08. The smallest absolute Gasteiger partial charge is 0.356 e. The van der Waals surface area contributed by atoms with Crippen molar-refractivity contribution in [2.75, 3.05) is 18.6 Å². The highest BCUT2D eigenvalue weighted by Gasteiger charge is 2.29. The van der Waals surface area contributed by atoms with Crippen molar-refractivity contribution in [3.05, 3.63) is 35.4 Å². The van der Waals surface area contributed by atoms with Gasteiger partial charge >= 0.3 is 6.18 Å². The van der Waals surface area contributed by atoms with E-state index in [9.17, 15) is 26.4 Å². The Morgan fingerprint density at radius 2 is 1.76 bits per heavy atom. The molecule has 0 aliphatic rings. The average Bonchev–Trinajstić information content (AvgIpc) is 2.33. The second-order valence-corrected chi connectivity index (χ2v) is 6.96. The number of hydrogen-bond donors (Lipinski definition) is 1. The van der Waals surface area contributed by atoms with Gasteiger partial charge in [-0.15, -0.1) is 0 Å². The molecule has 0 spiro atoms. The summed E-state index contributed by atoms with van der Waals surface area (Å²) in [7, 11) is -3.06. The van der Waals surface area contributed by atoms with Crippen LogP contribution in [-0.4, -0.2) is 32.9 Å². The Morgan fingerprint density at radius 3 is 2.24 bits per heavy atom. The highest BCUT2D eigenvalue weighted by atomic mass is 32.2. The summed E-state index contributed by atoms with van der Waals surface area (Å²) in [4.78, 5) is 11.5. The number of nitrogens with one attached hydrogen (secondary N) is 1. The number of halogens is 3. The molecule has 0 fully saturated rings. The lowest BCUT2D eigenvalue weighted by molar-refractivity contribution is -0.137. The van der Waals surface area contributed by atoms with Crippen molar-refractivity contribution in [1.29, 1.82) is 0 Å². The number of carbonyl (C=O) groups is 1. The van der Waals surface area contributed by atoms with Gasteiger partial charge in [0.25, 0.3) is 0 Å². The molecule has 1 N–H and O–H groups in total. The van der Waals surface area contributed by atoms with Crippen LogP contribution in [-0.2, 0) is 27.2 Å². The second kappa shape index (κ2) is 6.93. The largest absolute Gasteiger partial charge is 0.416 e. The Balaban J connectivity index is 2.41. The molecule has 118 valence electrons. The van der Waals surface area contributed by atoms with Crippen molar-refractivity contribution in [1.82, 2.24) is 5.32 Å². The Labute approximate surface area is 121 Å². The Hall–Kier alpha value is -1.57. The molecule has 1 amide bonds. The van der Waals surface area contributed by atoms with E-state index in [2.05, 4.69) is 5.32 Å². The van der Waals surface area contributed by atoms with E-state index in [0.29, 0.717) is 12.0 Å². The minimum Gasteiger partial charge on any atom is -0.356 e. The lowest BCUT2D eigenvalue weighted by atomic mass is 10.1. The first-order valence-corrected chi connectivity index (χ1v) is 8.24. The van der Waals surface area contributed by atoms with Crippen molar-refractivity contribution in [3.63, 3.8) is 0 Å².